The quantitative estimate of drug-likeness (QED) is 0.0870. The largest absolute Gasteiger partial charge is 0.494 e. The lowest BCUT2D eigenvalue weighted by Gasteiger charge is -2.27. The molecule has 0 fully saturated rings. The summed E-state index contributed by atoms with van der Waals surface area (Å²) < 4.78 is 12.4. The summed E-state index contributed by atoms with van der Waals surface area (Å²) >= 11 is 0. The molecule has 4 aromatic rings. The first kappa shape index (κ1) is 37.2. The van der Waals surface area contributed by atoms with Gasteiger partial charge in [0.2, 0.25) is 0 Å². The van der Waals surface area contributed by atoms with Gasteiger partial charge in [-0.25, -0.2) is 0 Å². The van der Waals surface area contributed by atoms with Crippen molar-refractivity contribution < 1.29 is 9.47 Å². The van der Waals surface area contributed by atoms with Crippen LogP contribution in [0.15, 0.2) is 97.1 Å². The summed E-state index contributed by atoms with van der Waals surface area (Å²) in [6.07, 6.45) is 2.18. The molecule has 0 heterocycles. The Hall–Kier alpha value is -2.65. The molecule has 0 amide bonds. The second-order valence-corrected chi connectivity index (χ2v) is 31.5. The van der Waals surface area contributed by atoms with Crippen LogP contribution >= 0.6 is 0 Å². The smallest absolute Gasteiger partial charge is 0.119 e. The summed E-state index contributed by atoms with van der Waals surface area (Å²) in [6.45, 7) is 25.7. The normalized spacial score (nSPS) is 12.5. The molecule has 0 aliphatic heterocycles. The van der Waals surface area contributed by atoms with E-state index in [-0.39, 0.29) is 5.41 Å². The third-order valence-electron chi connectivity index (χ3n) is 10.3. The molecular weight excluding hydrogens is 637 g/mol. The third kappa shape index (κ3) is 10.2. The van der Waals surface area contributed by atoms with E-state index >= 15 is 0 Å². The molecule has 0 radical (unpaired) electrons. The van der Waals surface area contributed by atoms with Gasteiger partial charge in [0.05, 0.1) is 47.0 Å². The Balaban J connectivity index is 1.22. The summed E-state index contributed by atoms with van der Waals surface area (Å²) in [6, 6.07) is 39.0. The summed E-state index contributed by atoms with van der Waals surface area (Å²) in [7, 11) is -4.37. The number of hydrogen-bond donors (Lipinski definition) is 0. The Morgan fingerprint density at radius 1 is 0.489 bits per heavy atom. The molecule has 0 saturated heterocycles. The zero-order valence-electron chi connectivity index (χ0n) is 31.0. The highest BCUT2D eigenvalue weighted by Crippen LogP contribution is 2.33. The van der Waals surface area contributed by atoms with Crippen molar-refractivity contribution in [1.29, 1.82) is 0 Å². The van der Waals surface area contributed by atoms with Crippen LogP contribution in [-0.2, 0) is 5.41 Å². The van der Waals surface area contributed by atoms with E-state index in [9.17, 15) is 0 Å². The number of benzene rings is 4. The molecule has 0 aromatic heterocycles. The van der Waals surface area contributed by atoms with Crippen LogP contribution in [0.4, 0.5) is 0 Å². The molecule has 0 saturated carbocycles. The predicted molar refractivity (Wildman–Crippen MR) is 219 cm³/mol. The second kappa shape index (κ2) is 16.2. The standard InChI is InChI=1S/C41H60O2Si4/c1-41(2,33-13-17-35(18-14-33)42-29-11-31-46(7,8)39-25-21-37(22-26-39)44(3)4)34-15-19-36(20-16-34)43-30-12-32-47(9,10)40-27-23-38(24-28-40)45(5)6/h13-28,44-45H,11-12,29-32H2,1-10H3. The van der Waals surface area contributed by atoms with E-state index in [0.29, 0.717) is 0 Å². The molecule has 0 aliphatic rings. The molecule has 4 aromatic carbocycles. The molecule has 2 nitrogen and oxygen atoms in total. The second-order valence-electron chi connectivity index (χ2n) is 15.9. The van der Waals surface area contributed by atoms with E-state index < -0.39 is 33.7 Å². The Bertz CT molecular complexity index is 1410. The first-order valence-corrected chi connectivity index (χ1v) is 30.1. The van der Waals surface area contributed by atoms with Crippen LogP contribution in [0.5, 0.6) is 11.5 Å². The lowest BCUT2D eigenvalue weighted by Crippen LogP contribution is -2.42. The van der Waals surface area contributed by atoms with E-state index in [1.165, 1.54) is 23.2 Å². The van der Waals surface area contributed by atoms with E-state index in [4.69, 9.17) is 9.47 Å². The number of rotatable bonds is 16. The van der Waals surface area contributed by atoms with Crippen LogP contribution in [0.3, 0.4) is 0 Å². The number of ether oxygens (including phenoxy) is 2. The SMILES string of the molecule is C[SiH](C)c1ccc([Si](C)(C)CCCOc2ccc(C(C)(C)c3ccc(OCCC[Si](C)(C)c4ccc([SiH](C)C)cc4)cc3)cc2)cc1. The van der Waals surface area contributed by atoms with Gasteiger partial charge in [-0.1, -0.05) is 172 Å². The summed E-state index contributed by atoms with van der Waals surface area (Å²) in [5.74, 6) is 1.92. The topological polar surface area (TPSA) is 18.5 Å². The van der Waals surface area contributed by atoms with E-state index in [1.807, 2.05) is 0 Å². The monoisotopic (exact) mass is 696 g/mol. The van der Waals surface area contributed by atoms with Crippen molar-refractivity contribution in [2.45, 2.75) is 96.6 Å². The van der Waals surface area contributed by atoms with Crippen LogP contribution < -0.4 is 30.2 Å². The summed E-state index contributed by atoms with van der Waals surface area (Å²) in [5, 5.41) is 6.25. The molecule has 0 spiro atoms. The highest BCUT2D eigenvalue weighted by Gasteiger charge is 2.25. The van der Waals surface area contributed by atoms with Gasteiger partial charge in [0.1, 0.15) is 11.5 Å². The minimum absolute atomic E-state index is 0.108. The van der Waals surface area contributed by atoms with Gasteiger partial charge in [-0.15, -0.1) is 0 Å². The minimum atomic E-state index is -1.46. The zero-order valence-corrected chi connectivity index (χ0v) is 35.3. The average Bonchev–Trinajstić information content (AvgIpc) is 3.05. The van der Waals surface area contributed by atoms with Crippen molar-refractivity contribution in [2.75, 3.05) is 13.2 Å². The Labute approximate surface area is 292 Å². The molecule has 0 unspecified atom stereocenters. The molecular formula is C41H60O2Si4. The predicted octanol–water partition coefficient (Wildman–Crippen LogP) is 8.17. The van der Waals surface area contributed by atoms with Gasteiger partial charge in [-0.05, 0) is 48.2 Å². The van der Waals surface area contributed by atoms with Crippen molar-refractivity contribution in [3.8, 4) is 11.5 Å². The fraction of sp³-hybridized carbons (Fsp3) is 0.415. The first-order valence-electron chi connectivity index (χ1n) is 17.9. The number of hydrogen-bond acceptors (Lipinski definition) is 2. The molecule has 6 heteroatoms. The van der Waals surface area contributed by atoms with Gasteiger partial charge in [0.25, 0.3) is 0 Å². The van der Waals surface area contributed by atoms with Crippen molar-refractivity contribution in [1.82, 2.24) is 0 Å². The molecule has 0 N–H and O–H groups in total. The minimum Gasteiger partial charge on any atom is -0.494 e. The van der Waals surface area contributed by atoms with E-state index in [2.05, 4.69) is 163 Å². The van der Waals surface area contributed by atoms with Crippen LogP contribution in [-0.4, -0.2) is 47.0 Å². The van der Waals surface area contributed by atoms with Crippen LogP contribution in [0, 0.1) is 0 Å². The fourth-order valence-electron chi connectivity index (χ4n) is 6.44. The molecule has 47 heavy (non-hydrogen) atoms. The van der Waals surface area contributed by atoms with Crippen LogP contribution in [0.25, 0.3) is 0 Å². The van der Waals surface area contributed by atoms with E-state index in [0.717, 1.165) is 37.6 Å². The molecule has 0 aliphatic carbocycles. The third-order valence-corrected chi connectivity index (χ3v) is 20.7. The molecule has 4 rings (SSSR count). The van der Waals surface area contributed by atoms with Crippen molar-refractivity contribution in [3.05, 3.63) is 108 Å². The van der Waals surface area contributed by atoms with Gasteiger partial charge < -0.3 is 9.47 Å². The first-order chi connectivity index (χ1) is 22.2. The maximum Gasteiger partial charge on any atom is 0.119 e. The highest BCUT2D eigenvalue weighted by atomic mass is 28.3. The average molecular weight is 697 g/mol. The van der Waals surface area contributed by atoms with Crippen molar-refractivity contribution >= 4 is 54.5 Å². The van der Waals surface area contributed by atoms with Gasteiger partial charge in [0.15, 0.2) is 0 Å². The Morgan fingerprint density at radius 3 is 1.11 bits per heavy atom. The maximum absolute atomic E-state index is 6.20. The fourth-order valence-corrected chi connectivity index (χ4v) is 13.1. The van der Waals surface area contributed by atoms with E-state index in [1.54, 1.807) is 20.7 Å². The van der Waals surface area contributed by atoms with Crippen molar-refractivity contribution in [3.63, 3.8) is 0 Å². The summed E-state index contributed by atoms with van der Waals surface area (Å²) in [5.41, 5.74) is 2.47. The maximum atomic E-state index is 6.20. The molecule has 252 valence electrons. The van der Waals surface area contributed by atoms with Gasteiger partial charge >= 0.3 is 0 Å². The van der Waals surface area contributed by atoms with Gasteiger partial charge in [-0.3, -0.25) is 0 Å². The van der Waals surface area contributed by atoms with Crippen LogP contribution in [0.2, 0.25) is 64.5 Å². The zero-order chi connectivity index (χ0) is 34.2. The van der Waals surface area contributed by atoms with Crippen molar-refractivity contribution in [2.24, 2.45) is 0 Å². The molecule has 0 bridgehead atoms. The summed E-state index contributed by atoms with van der Waals surface area (Å²) in [4.78, 5) is 0. The lowest BCUT2D eigenvalue weighted by atomic mass is 9.78. The Kier molecular flexibility index (Phi) is 12.8. The van der Waals surface area contributed by atoms with Gasteiger partial charge in [-0.2, -0.15) is 0 Å². The lowest BCUT2D eigenvalue weighted by molar-refractivity contribution is 0.316. The van der Waals surface area contributed by atoms with Gasteiger partial charge in [0, 0.05) is 5.41 Å². The van der Waals surface area contributed by atoms with Crippen LogP contribution in [0.1, 0.15) is 37.8 Å². The molecule has 0 atom stereocenters. The Morgan fingerprint density at radius 2 is 0.809 bits per heavy atom. The highest BCUT2D eigenvalue weighted by molar-refractivity contribution is 6.90.